The molecule has 0 radical (unpaired) electrons. The molecule has 1 fully saturated rings. The van der Waals surface area contributed by atoms with E-state index in [1.807, 2.05) is 31.0 Å². The molecule has 5 nitrogen and oxygen atoms in total. The highest BCUT2D eigenvalue weighted by Gasteiger charge is 2.24. The van der Waals surface area contributed by atoms with Crippen LogP contribution in [-0.2, 0) is 20.1 Å². The minimum Gasteiger partial charge on any atom is -0.337 e. The molecule has 5 heteroatoms. The van der Waals surface area contributed by atoms with Crippen molar-refractivity contribution >= 4 is 0 Å². The summed E-state index contributed by atoms with van der Waals surface area (Å²) in [5, 5.41) is 0. The molecular formula is C17H25N5. The van der Waals surface area contributed by atoms with Gasteiger partial charge in [-0.1, -0.05) is 6.07 Å². The van der Waals surface area contributed by atoms with Crippen molar-refractivity contribution in [3.63, 3.8) is 0 Å². The Morgan fingerprint density at radius 2 is 2.23 bits per heavy atom. The smallest absolute Gasteiger partial charge is 0.0945 e. The molecule has 3 heterocycles. The van der Waals surface area contributed by atoms with Gasteiger partial charge in [0.2, 0.25) is 0 Å². The van der Waals surface area contributed by atoms with E-state index in [4.69, 9.17) is 0 Å². The summed E-state index contributed by atoms with van der Waals surface area (Å²) in [5.74, 6) is 0.759. The lowest BCUT2D eigenvalue weighted by atomic mass is 10.1. The summed E-state index contributed by atoms with van der Waals surface area (Å²) >= 11 is 0. The Labute approximate surface area is 132 Å². The molecule has 0 aromatic carbocycles. The Morgan fingerprint density at radius 3 is 2.95 bits per heavy atom. The number of likely N-dealkylation sites (tertiary alicyclic amines) is 1. The predicted molar refractivity (Wildman–Crippen MR) is 87.2 cm³/mol. The van der Waals surface area contributed by atoms with Gasteiger partial charge in [-0.15, -0.1) is 0 Å². The fraction of sp³-hybridized carbons (Fsp3) is 0.529. The highest BCUT2D eigenvalue weighted by Crippen LogP contribution is 2.19. The summed E-state index contributed by atoms with van der Waals surface area (Å²) in [4.78, 5) is 13.3. The number of imidazole rings is 1. The highest BCUT2D eigenvalue weighted by atomic mass is 15.2. The zero-order valence-electron chi connectivity index (χ0n) is 13.5. The number of aromatic nitrogens is 3. The first-order chi connectivity index (χ1) is 10.7. The predicted octanol–water partition coefficient (Wildman–Crippen LogP) is 1.77. The van der Waals surface area contributed by atoms with E-state index in [2.05, 4.69) is 44.5 Å². The minimum atomic E-state index is 0.759. The lowest BCUT2D eigenvalue weighted by Gasteiger charge is -2.21. The van der Waals surface area contributed by atoms with E-state index >= 15 is 0 Å². The van der Waals surface area contributed by atoms with Gasteiger partial charge in [-0.25, -0.2) is 4.98 Å². The number of aryl methyl sites for hydroxylation is 1. The van der Waals surface area contributed by atoms with Crippen LogP contribution in [0.25, 0.3) is 0 Å². The van der Waals surface area contributed by atoms with Crippen LogP contribution in [0.1, 0.15) is 17.7 Å². The number of nitrogens with zero attached hydrogens (tertiary/aromatic N) is 5. The van der Waals surface area contributed by atoms with Crippen molar-refractivity contribution in [1.29, 1.82) is 0 Å². The molecule has 0 N–H and O–H groups in total. The van der Waals surface area contributed by atoms with Gasteiger partial charge in [0.25, 0.3) is 0 Å². The fourth-order valence-corrected chi connectivity index (χ4v) is 3.28. The second kappa shape index (κ2) is 7.03. The summed E-state index contributed by atoms with van der Waals surface area (Å²) in [7, 11) is 4.27. The van der Waals surface area contributed by atoms with Gasteiger partial charge >= 0.3 is 0 Å². The number of pyridine rings is 1. The van der Waals surface area contributed by atoms with E-state index in [9.17, 15) is 0 Å². The third-order valence-corrected chi connectivity index (χ3v) is 4.42. The Kier molecular flexibility index (Phi) is 4.85. The highest BCUT2D eigenvalue weighted by molar-refractivity contribution is 5.08. The Balaban J connectivity index is 1.45. The Hall–Kier alpha value is -1.72. The van der Waals surface area contributed by atoms with E-state index in [1.54, 1.807) is 0 Å². The first-order valence-corrected chi connectivity index (χ1v) is 7.95. The van der Waals surface area contributed by atoms with Crippen LogP contribution in [-0.4, -0.2) is 51.0 Å². The molecule has 2 aromatic rings. The van der Waals surface area contributed by atoms with Crippen LogP contribution in [0.3, 0.4) is 0 Å². The van der Waals surface area contributed by atoms with Gasteiger partial charge in [0.05, 0.1) is 12.0 Å². The summed E-state index contributed by atoms with van der Waals surface area (Å²) in [6, 6.07) is 4.15. The number of hydrogen-bond acceptors (Lipinski definition) is 4. The molecule has 0 amide bonds. The molecule has 2 aromatic heterocycles. The topological polar surface area (TPSA) is 37.2 Å². The molecule has 0 spiro atoms. The van der Waals surface area contributed by atoms with Gasteiger partial charge in [-0.05, 0) is 37.6 Å². The zero-order valence-corrected chi connectivity index (χ0v) is 13.5. The molecule has 0 bridgehead atoms. The first kappa shape index (κ1) is 15.2. The fourth-order valence-electron chi connectivity index (χ4n) is 3.28. The summed E-state index contributed by atoms with van der Waals surface area (Å²) in [6.45, 7) is 5.52. The van der Waals surface area contributed by atoms with Gasteiger partial charge in [0, 0.05) is 51.8 Å². The van der Waals surface area contributed by atoms with Crippen molar-refractivity contribution in [2.24, 2.45) is 13.0 Å². The molecule has 1 atom stereocenters. The Morgan fingerprint density at radius 1 is 1.32 bits per heavy atom. The van der Waals surface area contributed by atoms with Crippen molar-refractivity contribution in [1.82, 2.24) is 24.3 Å². The van der Waals surface area contributed by atoms with Gasteiger partial charge in [0.1, 0.15) is 0 Å². The molecule has 1 saturated heterocycles. The van der Waals surface area contributed by atoms with Crippen LogP contribution in [0.4, 0.5) is 0 Å². The zero-order chi connectivity index (χ0) is 15.4. The van der Waals surface area contributed by atoms with Gasteiger partial charge in [-0.2, -0.15) is 0 Å². The van der Waals surface area contributed by atoms with Crippen molar-refractivity contribution in [2.75, 3.05) is 26.7 Å². The van der Waals surface area contributed by atoms with Gasteiger partial charge in [0.15, 0.2) is 0 Å². The van der Waals surface area contributed by atoms with E-state index in [0.717, 1.165) is 25.6 Å². The molecular weight excluding hydrogens is 274 g/mol. The molecule has 22 heavy (non-hydrogen) atoms. The SMILES string of the molecule is CN(Cc1cccnc1)C[C@@H]1CCN(Cc2cncn2C)C1. The maximum Gasteiger partial charge on any atom is 0.0945 e. The van der Waals surface area contributed by atoms with Crippen LogP contribution in [0.2, 0.25) is 0 Å². The van der Waals surface area contributed by atoms with Crippen molar-refractivity contribution in [3.05, 3.63) is 48.3 Å². The monoisotopic (exact) mass is 299 g/mol. The molecule has 118 valence electrons. The van der Waals surface area contributed by atoms with Gasteiger partial charge < -0.3 is 9.47 Å². The van der Waals surface area contributed by atoms with Crippen molar-refractivity contribution in [3.8, 4) is 0 Å². The Bertz CT molecular complexity index is 580. The van der Waals surface area contributed by atoms with E-state index in [-0.39, 0.29) is 0 Å². The van der Waals surface area contributed by atoms with E-state index in [1.165, 1.54) is 30.8 Å². The van der Waals surface area contributed by atoms with Crippen molar-refractivity contribution in [2.45, 2.75) is 19.5 Å². The summed E-state index contributed by atoms with van der Waals surface area (Å²) < 4.78 is 2.11. The number of hydrogen-bond donors (Lipinski definition) is 0. The standard InChI is InChI=1S/C17H25N5/c1-20(10-15-4-3-6-18-8-15)11-16-5-7-22(12-16)13-17-9-19-14-21(17)2/h3-4,6,8-9,14,16H,5,7,10-13H2,1-2H3/t16-/m0/s1. The largest absolute Gasteiger partial charge is 0.337 e. The van der Waals surface area contributed by atoms with Crippen LogP contribution >= 0.6 is 0 Å². The average molecular weight is 299 g/mol. The van der Waals surface area contributed by atoms with Crippen LogP contribution < -0.4 is 0 Å². The quantitative estimate of drug-likeness (QED) is 0.815. The third-order valence-electron chi connectivity index (χ3n) is 4.42. The average Bonchev–Trinajstić information content (AvgIpc) is 3.10. The molecule has 3 rings (SSSR count). The normalized spacial score (nSPS) is 19.1. The number of rotatable bonds is 6. The van der Waals surface area contributed by atoms with Crippen LogP contribution in [0.15, 0.2) is 37.1 Å². The second-order valence-corrected chi connectivity index (χ2v) is 6.44. The third kappa shape index (κ3) is 3.93. The molecule has 0 saturated carbocycles. The van der Waals surface area contributed by atoms with E-state index in [0.29, 0.717) is 0 Å². The van der Waals surface area contributed by atoms with Crippen LogP contribution in [0, 0.1) is 5.92 Å². The minimum absolute atomic E-state index is 0.759. The maximum absolute atomic E-state index is 4.20. The lowest BCUT2D eigenvalue weighted by molar-refractivity contribution is 0.253. The second-order valence-electron chi connectivity index (χ2n) is 6.44. The van der Waals surface area contributed by atoms with Crippen LogP contribution in [0.5, 0.6) is 0 Å². The first-order valence-electron chi connectivity index (χ1n) is 7.95. The van der Waals surface area contributed by atoms with Crippen molar-refractivity contribution < 1.29 is 0 Å². The maximum atomic E-state index is 4.20. The molecule has 1 aliphatic heterocycles. The van der Waals surface area contributed by atoms with Gasteiger partial charge in [-0.3, -0.25) is 9.88 Å². The lowest BCUT2D eigenvalue weighted by Crippen LogP contribution is -2.28. The van der Waals surface area contributed by atoms with E-state index < -0.39 is 0 Å². The molecule has 0 aliphatic carbocycles. The molecule has 1 aliphatic rings. The molecule has 0 unspecified atom stereocenters. The summed E-state index contributed by atoms with van der Waals surface area (Å²) in [5.41, 5.74) is 2.58. The summed E-state index contributed by atoms with van der Waals surface area (Å²) in [6.07, 6.45) is 8.93.